The Morgan fingerprint density at radius 2 is 1.85 bits per heavy atom. The SMILES string of the molecule is CC(C)(C)c1nc(=O)oc2c1ccc1ccn(CCc3ccncc3)c12. The predicted octanol–water partition coefficient (Wildman–Crippen LogP) is 4.08. The molecule has 0 aliphatic heterocycles. The van der Waals surface area contributed by atoms with Gasteiger partial charge in [-0.2, -0.15) is 4.98 Å². The highest BCUT2D eigenvalue weighted by Gasteiger charge is 2.22. The fraction of sp³-hybridized carbons (Fsp3) is 0.286. The molecule has 0 N–H and O–H groups in total. The number of nitrogens with zero attached hydrogens (tertiary/aromatic N) is 3. The Bertz CT molecular complexity index is 1140. The van der Waals surface area contributed by atoms with E-state index in [0.717, 1.165) is 34.9 Å². The van der Waals surface area contributed by atoms with Crippen molar-refractivity contribution in [2.24, 2.45) is 0 Å². The number of aromatic nitrogens is 3. The van der Waals surface area contributed by atoms with Gasteiger partial charge < -0.3 is 8.98 Å². The molecule has 0 radical (unpaired) electrons. The van der Waals surface area contributed by atoms with Gasteiger partial charge in [0.15, 0.2) is 5.58 Å². The lowest BCUT2D eigenvalue weighted by molar-refractivity contribution is 0.498. The summed E-state index contributed by atoms with van der Waals surface area (Å²) in [5, 5.41) is 1.95. The molecular weight excluding hydrogens is 326 g/mol. The van der Waals surface area contributed by atoms with Crippen LogP contribution in [-0.4, -0.2) is 14.5 Å². The maximum absolute atomic E-state index is 12.1. The molecule has 5 heteroatoms. The Morgan fingerprint density at radius 1 is 1.08 bits per heavy atom. The van der Waals surface area contributed by atoms with Crippen LogP contribution in [0.3, 0.4) is 0 Å². The summed E-state index contributed by atoms with van der Waals surface area (Å²) in [5.74, 6) is -0.545. The molecule has 0 aliphatic rings. The van der Waals surface area contributed by atoms with Crippen molar-refractivity contribution in [1.29, 1.82) is 0 Å². The Labute approximate surface area is 151 Å². The first-order valence-electron chi connectivity index (χ1n) is 8.75. The molecule has 3 aromatic heterocycles. The Balaban J connectivity index is 1.88. The summed E-state index contributed by atoms with van der Waals surface area (Å²) in [6.07, 6.45) is 6.53. The van der Waals surface area contributed by atoms with Gasteiger partial charge >= 0.3 is 5.76 Å². The largest absolute Gasteiger partial charge is 0.439 e. The third-order valence-corrected chi connectivity index (χ3v) is 4.63. The van der Waals surface area contributed by atoms with Crippen LogP contribution in [0.5, 0.6) is 0 Å². The van der Waals surface area contributed by atoms with Crippen LogP contribution in [0, 0.1) is 0 Å². The van der Waals surface area contributed by atoms with Gasteiger partial charge in [0, 0.05) is 41.3 Å². The smallest absolute Gasteiger partial charge is 0.406 e. The van der Waals surface area contributed by atoms with E-state index in [2.05, 4.69) is 47.4 Å². The molecule has 0 bridgehead atoms. The predicted molar refractivity (Wildman–Crippen MR) is 102 cm³/mol. The first kappa shape index (κ1) is 16.5. The summed E-state index contributed by atoms with van der Waals surface area (Å²) < 4.78 is 7.71. The summed E-state index contributed by atoms with van der Waals surface area (Å²) in [6, 6.07) is 10.2. The van der Waals surface area contributed by atoms with E-state index < -0.39 is 5.76 Å². The zero-order valence-corrected chi connectivity index (χ0v) is 15.2. The van der Waals surface area contributed by atoms with E-state index in [1.807, 2.05) is 24.4 Å². The minimum Gasteiger partial charge on any atom is -0.406 e. The fourth-order valence-corrected chi connectivity index (χ4v) is 3.37. The summed E-state index contributed by atoms with van der Waals surface area (Å²) in [6.45, 7) is 6.96. The molecular formula is C21H21N3O2. The average molecular weight is 347 g/mol. The number of aryl methyl sites for hydroxylation is 2. The molecule has 0 spiro atoms. The fourth-order valence-electron chi connectivity index (χ4n) is 3.37. The van der Waals surface area contributed by atoms with Gasteiger partial charge in [0.1, 0.15) is 0 Å². The standard InChI is InChI=1S/C21H21N3O2/c1-21(2,3)19-16-5-4-15-9-13-24(12-8-14-6-10-22-11-7-14)17(15)18(16)26-20(25)23-19/h4-7,9-11,13H,8,12H2,1-3H3. The van der Waals surface area contributed by atoms with Crippen LogP contribution in [0.2, 0.25) is 0 Å². The molecule has 0 saturated carbocycles. The van der Waals surface area contributed by atoms with Crippen LogP contribution in [0.4, 0.5) is 0 Å². The van der Waals surface area contributed by atoms with Crippen molar-refractivity contribution in [2.45, 2.75) is 39.2 Å². The molecule has 0 amide bonds. The van der Waals surface area contributed by atoms with Gasteiger partial charge in [-0.1, -0.05) is 26.8 Å². The summed E-state index contributed by atoms with van der Waals surface area (Å²) in [5.41, 5.74) is 3.32. The van der Waals surface area contributed by atoms with Crippen molar-refractivity contribution < 1.29 is 4.42 Å². The van der Waals surface area contributed by atoms with Gasteiger partial charge in [0.05, 0.1) is 11.2 Å². The van der Waals surface area contributed by atoms with Crippen LogP contribution in [0.1, 0.15) is 32.0 Å². The van der Waals surface area contributed by atoms with Crippen molar-refractivity contribution in [2.75, 3.05) is 0 Å². The van der Waals surface area contributed by atoms with Crippen LogP contribution in [0.15, 0.2) is 58.1 Å². The zero-order valence-electron chi connectivity index (χ0n) is 15.2. The van der Waals surface area contributed by atoms with Crippen molar-refractivity contribution in [1.82, 2.24) is 14.5 Å². The molecule has 3 heterocycles. The molecule has 26 heavy (non-hydrogen) atoms. The second-order valence-electron chi connectivity index (χ2n) is 7.57. The molecule has 5 nitrogen and oxygen atoms in total. The number of hydrogen-bond acceptors (Lipinski definition) is 4. The lowest BCUT2D eigenvalue weighted by atomic mass is 9.89. The van der Waals surface area contributed by atoms with E-state index in [4.69, 9.17) is 4.42 Å². The maximum atomic E-state index is 12.1. The monoisotopic (exact) mass is 347 g/mol. The quantitative estimate of drug-likeness (QED) is 0.560. The highest BCUT2D eigenvalue weighted by Crippen LogP contribution is 2.32. The molecule has 0 saturated heterocycles. The minimum atomic E-state index is -0.545. The Hall–Kier alpha value is -2.95. The van der Waals surface area contributed by atoms with Gasteiger partial charge in [-0.05, 0) is 36.2 Å². The van der Waals surface area contributed by atoms with Gasteiger partial charge in [-0.25, -0.2) is 4.79 Å². The first-order chi connectivity index (χ1) is 12.4. The Morgan fingerprint density at radius 3 is 2.58 bits per heavy atom. The van der Waals surface area contributed by atoms with Crippen LogP contribution in [-0.2, 0) is 18.4 Å². The topological polar surface area (TPSA) is 60.9 Å². The second kappa shape index (κ2) is 6.09. The molecule has 4 aromatic rings. The molecule has 0 aliphatic carbocycles. The molecule has 0 unspecified atom stereocenters. The molecule has 0 fully saturated rings. The first-order valence-corrected chi connectivity index (χ1v) is 8.75. The number of benzene rings is 1. The van der Waals surface area contributed by atoms with Gasteiger partial charge in [0.2, 0.25) is 0 Å². The molecule has 1 aromatic carbocycles. The number of hydrogen-bond donors (Lipinski definition) is 0. The summed E-state index contributed by atoms with van der Waals surface area (Å²) in [4.78, 5) is 20.3. The van der Waals surface area contributed by atoms with Crippen molar-refractivity contribution in [3.8, 4) is 0 Å². The van der Waals surface area contributed by atoms with E-state index in [9.17, 15) is 4.79 Å². The molecule has 0 atom stereocenters. The molecule has 132 valence electrons. The number of rotatable bonds is 3. The van der Waals surface area contributed by atoms with Gasteiger partial charge in [-0.15, -0.1) is 0 Å². The minimum absolute atomic E-state index is 0.240. The third kappa shape index (κ3) is 2.90. The summed E-state index contributed by atoms with van der Waals surface area (Å²) >= 11 is 0. The zero-order chi connectivity index (χ0) is 18.3. The van der Waals surface area contributed by atoms with Crippen molar-refractivity contribution >= 4 is 21.9 Å². The van der Waals surface area contributed by atoms with Crippen molar-refractivity contribution in [3.63, 3.8) is 0 Å². The van der Waals surface area contributed by atoms with Crippen LogP contribution in [0.25, 0.3) is 21.9 Å². The normalized spacial score (nSPS) is 12.1. The second-order valence-corrected chi connectivity index (χ2v) is 7.57. The van der Waals surface area contributed by atoms with Crippen molar-refractivity contribution in [3.05, 3.63) is 70.7 Å². The lowest BCUT2D eigenvalue weighted by Crippen LogP contribution is -2.19. The van der Waals surface area contributed by atoms with E-state index in [0.29, 0.717) is 5.58 Å². The lowest BCUT2D eigenvalue weighted by Gasteiger charge is -2.19. The van der Waals surface area contributed by atoms with E-state index in [-0.39, 0.29) is 5.41 Å². The highest BCUT2D eigenvalue weighted by molar-refractivity contribution is 6.03. The number of fused-ring (bicyclic) bond motifs is 3. The van der Waals surface area contributed by atoms with E-state index in [1.165, 1.54) is 5.56 Å². The highest BCUT2D eigenvalue weighted by atomic mass is 16.4. The van der Waals surface area contributed by atoms with Gasteiger partial charge in [-0.3, -0.25) is 4.98 Å². The van der Waals surface area contributed by atoms with Crippen LogP contribution >= 0.6 is 0 Å². The Kier molecular flexibility index (Phi) is 3.87. The van der Waals surface area contributed by atoms with E-state index >= 15 is 0 Å². The van der Waals surface area contributed by atoms with Gasteiger partial charge in [0.25, 0.3) is 0 Å². The maximum Gasteiger partial charge on any atom is 0.439 e. The number of pyridine rings is 1. The summed E-state index contributed by atoms with van der Waals surface area (Å²) in [7, 11) is 0. The van der Waals surface area contributed by atoms with E-state index in [1.54, 1.807) is 12.4 Å². The molecule has 4 rings (SSSR count). The van der Waals surface area contributed by atoms with Crippen LogP contribution < -0.4 is 5.76 Å². The average Bonchev–Trinajstić information content (AvgIpc) is 3.03. The third-order valence-electron chi connectivity index (χ3n) is 4.63.